The molecule has 27 heavy (non-hydrogen) atoms. The minimum atomic E-state index is -0.213. The van der Waals surface area contributed by atoms with Crippen molar-refractivity contribution in [1.29, 1.82) is 0 Å². The second-order valence-electron chi connectivity index (χ2n) is 6.12. The molecule has 3 rings (SSSR count). The molecule has 0 aliphatic heterocycles. The summed E-state index contributed by atoms with van der Waals surface area (Å²) in [6.07, 6.45) is 0. The van der Waals surface area contributed by atoms with E-state index in [1.807, 2.05) is 49.7 Å². The first-order valence-electron chi connectivity index (χ1n) is 8.20. The largest absolute Gasteiger partial charge is 0.323 e. The van der Waals surface area contributed by atoms with E-state index < -0.39 is 0 Å². The van der Waals surface area contributed by atoms with E-state index in [9.17, 15) is 4.79 Å². The molecule has 8 heteroatoms. The van der Waals surface area contributed by atoms with Gasteiger partial charge in [0.05, 0.1) is 21.5 Å². The van der Waals surface area contributed by atoms with Gasteiger partial charge in [0.25, 0.3) is 0 Å². The third-order valence-corrected chi connectivity index (χ3v) is 5.81. The van der Waals surface area contributed by atoms with E-state index in [1.54, 1.807) is 12.1 Å². The zero-order valence-electron chi connectivity index (χ0n) is 15.1. The van der Waals surface area contributed by atoms with Gasteiger partial charge in [-0.25, -0.2) is 0 Å². The predicted octanol–water partition coefficient (Wildman–Crippen LogP) is 5.14. The summed E-state index contributed by atoms with van der Waals surface area (Å²) < 4.78 is 1.87. The normalized spacial score (nSPS) is 10.9. The number of aryl methyl sites for hydroxylation is 2. The highest BCUT2D eigenvalue weighted by atomic mass is 35.5. The number of benzene rings is 2. The Morgan fingerprint density at radius 3 is 2.70 bits per heavy atom. The summed E-state index contributed by atoms with van der Waals surface area (Å²) in [6.45, 7) is 3.89. The van der Waals surface area contributed by atoms with Crippen LogP contribution in [0.1, 0.15) is 11.1 Å². The number of hydrogen-bond acceptors (Lipinski definition) is 4. The minimum Gasteiger partial charge on any atom is -0.323 e. The highest BCUT2D eigenvalue weighted by Gasteiger charge is 2.15. The summed E-state index contributed by atoms with van der Waals surface area (Å²) in [5.74, 6) is 0.710. The monoisotopic (exact) mass is 420 g/mol. The van der Waals surface area contributed by atoms with Gasteiger partial charge in [-0.1, -0.05) is 64.8 Å². The fourth-order valence-electron chi connectivity index (χ4n) is 2.55. The molecule has 1 aromatic heterocycles. The summed E-state index contributed by atoms with van der Waals surface area (Å²) in [6, 6.07) is 11.6. The Morgan fingerprint density at radius 1 is 1.19 bits per heavy atom. The molecule has 0 aliphatic rings. The van der Waals surface area contributed by atoms with Gasteiger partial charge in [-0.2, -0.15) is 0 Å². The molecule has 3 aromatic rings. The molecule has 0 saturated heterocycles. The van der Waals surface area contributed by atoms with Crippen molar-refractivity contribution < 1.29 is 4.79 Å². The van der Waals surface area contributed by atoms with E-state index in [2.05, 4.69) is 15.5 Å². The molecule has 0 bridgehead atoms. The van der Waals surface area contributed by atoms with Gasteiger partial charge in [-0.15, -0.1) is 10.2 Å². The van der Waals surface area contributed by atoms with Gasteiger partial charge >= 0.3 is 0 Å². The molecule has 140 valence electrons. The predicted molar refractivity (Wildman–Crippen MR) is 112 cm³/mol. The first kappa shape index (κ1) is 19.7. The zero-order chi connectivity index (χ0) is 19.6. The van der Waals surface area contributed by atoms with Crippen molar-refractivity contribution in [3.05, 3.63) is 57.6 Å². The van der Waals surface area contributed by atoms with Crippen LogP contribution < -0.4 is 5.32 Å². The second kappa shape index (κ2) is 8.33. The van der Waals surface area contributed by atoms with Gasteiger partial charge in [0.1, 0.15) is 0 Å². The number of aromatic nitrogens is 3. The van der Waals surface area contributed by atoms with Crippen LogP contribution in [-0.2, 0) is 11.8 Å². The Bertz CT molecular complexity index is 1000. The molecule has 2 aromatic carbocycles. The number of thioether (sulfide) groups is 1. The highest BCUT2D eigenvalue weighted by Crippen LogP contribution is 2.33. The molecule has 0 aliphatic carbocycles. The van der Waals surface area contributed by atoms with Crippen molar-refractivity contribution in [3.63, 3.8) is 0 Å². The van der Waals surface area contributed by atoms with E-state index >= 15 is 0 Å². The number of hydrogen-bond donors (Lipinski definition) is 1. The lowest BCUT2D eigenvalue weighted by Gasteiger charge is -2.11. The third kappa shape index (κ3) is 4.46. The van der Waals surface area contributed by atoms with Crippen LogP contribution in [0.15, 0.2) is 41.6 Å². The van der Waals surface area contributed by atoms with Crippen LogP contribution in [0.25, 0.3) is 11.4 Å². The van der Waals surface area contributed by atoms with E-state index in [1.165, 1.54) is 11.8 Å². The minimum absolute atomic E-state index is 0.167. The third-order valence-electron chi connectivity index (χ3n) is 3.99. The number of carbonyl (C=O) groups is 1. The Hall–Kier alpha value is -2.02. The lowest BCUT2D eigenvalue weighted by Crippen LogP contribution is -2.15. The molecule has 0 spiro atoms. The number of nitrogens with one attached hydrogen (secondary N) is 1. The summed E-state index contributed by atoms with van der Waals surface area (Å²) in [5.41, 5.74) is 3.41. The number of anilines is 1. The van der Waals surface area contributed by atoms with Crippen LogP contribution in [-0.4, -0.2) is 26.4 Å². The molecule has 0 fully saturated rings. The summed E-state index contributed by atoms with van der Waals surface area (Å²) in [5, 5.41) is 12.7. The van der Waals surface area contributed by atoms with E-state index in [0.29, 0.717) is 20.9 Å². The lowest BCUT2D eigenvalue weighted by molar-refractivity contribution is -0.113. The molecule has 0 radical (unpaired) electrons. The average Bonchev–Trinajstić information content (AvgIpc) is 3.01. The maximum Gasteiger partial charge on any atom is 0.234 e. The zero-order valence-corrected chi connectivity index (χ0v) is 17.4. The number of carbonyl (C=O) groups excluding carboxylic acids is 1. The molecule has 1 amide bonds. The molecular weight excluding hydrogens is 403 g/mol. The molecule has 0 atom stereocenters. The van der Waals surface area contributed by atoms with Crippen molar-refractivity contribution in [3.8, 4) is 11.4 Å². The number of nitrogens with zero attached hydrogens (tertiary/aromatic N) is 3. The van der Waals surface area contributed by atoms with Crippen LogP contribution in [0.3, 0.4) is 0 Å². The maximum atomic E-state index is 12.3. The smallest absolute Gasteiger partial charge is 0.234 e. The van der Waals surface area contributed by atoms with Gasteiger partial charge in [-0.05, 0) is 31.5 Å². The fourth-order valence-corrected chi connectivity index (χ4v) is 3.73. The van der Waals surface area contributed by atoms with Gasteiger partial charge in [-0.3, -0.25) is 4.79 Å². The van der Waals surface area contributed by atoms with Gasteiger partial charge < -0.3 is 9.88 Å². The van der Waals surface area contributed by atoms with Crippen LogP contribution in [0.2, 0.25) is 10.0 Å². The van der Waals surface area contributed by atoms with E-state index in [4.69, 9.17) is 23.2 Å². The second-order valence-corrected chi connectivity index (χ2v) is 7.85. The molecule has 0 unspecified atom stereocenters. The van der Waals surface area contributed by atoms with Crippen molar-refractivity contribution in [2.75, 3.05) is 11.1 Å². The van der Waals surface area contributed by atoms with Crippen LogP contribution in [0.4, 0.5) is 5.69 Å². The SMILES string of the molecule is Cc1cccc(-c2nnc(SCC(=O)Nc3c(Cl)ccc(C)c3Cl)n2C)c1. The Morgan fingerprint density at radius 2 is 1.96 bits per heavy atom. The molecule has 1 heterocycles. The first-order valence-corrected chi connectivity index (χ1v) is 9.94. The van der Waals surface area contributed by atoms with Crippen molar-refractivity contribution in [2.45, 2.75) is 19.0 Å². The van der Waals surface area contributed by atoms with Crippen molar-refractivity contribution >= 4 is 46.6 Å². The van der Waals surface area contributed by atoms with E-state index in [-0.39, 0.29) is 11.7 Å². The number of rotatable bonds is 5. The standard InChI is InChI=1S/C19H18Cl2N4OS/c1-11-5-4-6-13(9-11)18-23-24-19(25(18)3)27-10-15(26)22-17-14(20)8-7-12(2)16(17)21/h4-9H,10H2,1-3H3,(H,22,26). The average molecular weight is 421 g/mol. The van der Waals surface area contributed by atoms with Crippen LogP contribution in [0.5, 0.6) is 0 Å². The van der Waals surface area contributed by atoms with Crippen molar-refractivity contribution in [1.82, 2.24) is 14.8 Å². The number of amides is 1. The summed E-state index contributed by atoms with van der Waals surface area (Å²) in [7, 11) is 1.88. The van der Waals surface area contributed by atoms with Crippen LogP contribution in [0, 0.1) is 13.8 Å². The van der Waals surface area contributed by atoms with Gasteiger partial charge in [0, 0.05) is 12.6 Å². The van der Waals surface area contributed by atoms with E-state index in [0.717, 1.165) is 22.5 Å². The fraction of sp³-hybridized carbons (Fsp3) is 0.211. The lowest BCUT2D eigenvalue weighted by atomic mass is 10.1. The number of halogens is 2. The molecule has 0 saturated carbocycles. The Balaban J connectivity index is 1.69. The Kier molecular flexibility index (Phi) is 6.09. The maximum absolute atomic E-state index is 12.3. The highest BCUT2D eigenvalue weighted by molar-refractivity contribution is 7.99. The quantitative estimate of drug-likeness (QED) is 0.580. The Labute approximate surface area is 172 Å². The van der Waals surface area contributed by atoms with Crippen LogP contribution >= 0.6 is 35.0 Å². The molecule has 5 nitrogen and oxygen atoms in total. The summed E-state index contributed by atoms with van der Waals surface area (Å²) >= 11 is 13.7. The topological polar surface area (TPSA) is 59.8 Å². The summed E-state index contributed by atoms with van der Waals surface area (Å²) in [4.78, 5) is 12.3. The van der Waals surface area contributed by atoms with Gasteiger partial charge in [0.15, 0.2) is 11.0 Å². The first-order chi connectivity index (χ1) is 12.9. The molecule has 1 N–H and O–H groups in total. The molecular formula is C19H18Cl2N4OS. The van der Waals surface area contributed by atoms with Gasteiger partial charge in [0.2, 0.25) is 5.91 Å². The van der Waals surface area contributed by atoms with Crippen molar-refractivity contribution in [2.24, 2.45) is 7.05 Å².